The lowest BCUT2D eigenvalue weighted by molar-refractivity contribution is -0.143. The molecule has 184 valence electrons. The summed E-state index contributed by atoms with van der Waals surface area (Å²) in [6.07, 6.45) is -2.84. The van der Waals surface area contributed by atoms with Gasteiger partial charge in [-0.1, -0.05) is 24.3 Å². The Hall–Kier alpha value is -4.61. The fourth-order valence-electron chi connectivity index (χ4n) is 4.25. The number of carboxylic acid groups (broad SMARTS) is 1. The molecule has 0 amide bonds. The monoisotopic (exact) mass is 497 g/mol. The van der Waals surface area contributed by atoms with Crippen LogP contribution in [0.1, 0.15) is 33.2 Å². The van der Waals surface area contributed by atoms with Crippen LogP contribution in [-0.4, -0.2) is 36.7 Å². The summed E-state index contributed by atoms with van der Waals surface area (Å²) < 4.78 is 43.8. The first-order valence-electron chi connectivity index (χ1n) is 10.7. The lowest BCUT2D eigenvalue weighted by Crippen LogP contribution is -2.31. The minimum atomic E-state index is -4.96. The van der Waals surface area contributed by atoms with Crippen molar-refractivity contribution in [2.24, 2.45) is 0 Å². The van der Waals surface area contributed by atoms with Crippen LogP contribution in [0, 0.1) is 0 Å². The number of nitrogens with one attached hydrogen (secondary N) is 1. The molecule has 0 saturated carbocycles. The van der Waals surface area contributed by atoms with Gasteiger partial charge in [0.25, 0.3) is 5.56 Å². The molecule has 4 heterocycles. The van der Waals surface area contributed by atoms with Crippen LogP contribution in [0.2, 0.25) is 0 Å². The third-order valence-corrected chi connectivity index (χ3v) is 5.87. The molecule has 5 rings (SSSR count). The second-order valence-electron chi connectivity index (χ2n) is 8.25. The van der Waals surface area contributed by atoms with Crippen molar-refractivity contribution in [1.82, 2.24) is 14.4 Å². The maximum absolute atomic E-state index is 14.3. The van der Waals surface area contributed by atoms with Gasteiger partial charge in [0.1, 0.15) is 17.2 Å². The van der Waals surface area contributed by atoms with E-state index in [9.17, 15) is 33.0 Å². The summed E-state index contributed by atoms with van der Waals surface area (Å²) in [6, 6.07) is 9.55. The Balaban J connectivity index is 1.65. The van der Waals surface area contributed by atoms with Crippen molar-refractivity contribution in [3.8, 4) is 5.75 Å². The average molecular weight is 497 g/mol. The van der Waals surface area contributed by atoms with Crippen LogP contribution in [0.3, 0.4) is 0 Å². The van der Waals surface area contributed by atoms with Gasteiger partial charge < -0.3 is 20.4 Å². The fraction of sp³-hybridized carbons (Fsp3) is 0.167. The normalized spacial score (nSPS) is 14.0. The number of benzene rings is 1. The van der Waals surface area contributed by atoms with Gasteiger partial charge >= 0.3 is 12.1 Å². The number of aromatic carboxylic acids is 1. The number of anilines is 2. The molecule has 0 spiro atoms. The molecule has 0 aliphatic carbocycles. The van der Waals surface area contributed by atoms with Gasteiger partial charge in [0.05, 0.1) is 11.9 Å². The van der Waals surface area contributed by atoms with Gasteiger partial charge in [-0.2, -0.15) is 13.2 Å². The van der Waals surface area contributed by atoms with Crippen molar-refractivity contribution in [3.63, 3.8) is 0 Å². The van der Waals surface area contributed by atoms with Crippen molar-refractivity contribution in [3.05, 3.63) is 93.7 Å². The molecule has 0 unspecified atom stereocenters. The average Bonchev–Trinajstić information content (AvgIpc) is 3.26. The maximum Gasteiger partial charge on any atom is 0.412 e. The van der Waals surface area contributed by atoms with Crippen LogP contribution in [-0.2, 0) is 13.1 Å². The van der Waals surface area contributed by atoms with Crippen LogP contribution >= 0.6 is 0 Å². The van der Waals surface area contributed by atoms with E-state index in [4.69, 9.17) is 0 Å². The summed E-state index contributed by atoms with van der Waals surface area (Å²) >= 11 is 0. The summed E-state index contributed by atoms with van der Waals surface area (Å²) in [5.41, 5.74) is -0.549. The molecule has 3 aromatic heterocycles. The van der Waals surface area contributed by atoms with Gasteiger partial charge in [-0.15, -0.1) is 0 Å². The highest BCUT2D eigenvalue weighted by Crippen LogP contribution is 2.39. The number of fused-ring (bicyclic) bond motifs is 2. The number of hydrogen-bond acceptors (Lipinski definition) is 7. The van der Waals surface area contributed by atoms with Gasteiger partial charge in [0.2, 0.25) is 0 Å². The third kappa shape index (κ3) is 4.17. The molecule has 0 saturated heterocycles. The quantitative estimate of drug-likeness (QED) is 0.382. The first-order valence-corrected chi connectivity index (χ1v) is 10.7. The molecule has 1 atom stereocenters. The number of aromatic hydroxyl groups is 1. The summed E-state index contributed by atoms with van der Waals surface area (Å²) in [7, 11) is 0. The van der Waals surface area contributed by atoms with Gasteiger partial charge in [-0.3, -0.25) is 9.20 Å². The molecule has 0 fully saturated rings. The van der Waals surface area contributed by atoms with E-state index in [-0.39, 0.29) is 17.2 Å². The topological polar surface area (TPSA) is 120 Å². The predicted molar refractivity (Wildman–Crippen MR) is 123 cm³/mol. The van der Waals surface area contributed by atoms with E-state index in [0.717, 1.165) is 40.1 Å². The van der Waals surface area contributed by atoms with E-state index < -0.39 is 40.8 Å². The van der Waals surface area contributed by atoms with E-state index in [1.54, 1.807) is 4.90 Å². The van der Waals surface area contributed by atoms with Gasteiger partial charge in [-0.25, -0.2) is 14.8 Å². The molecule has 1 aliphatic heterocycles. The van der Waals surface area contributed by atoms with Crippen LogP contribution in [0.25, 0.3) is 5.65 Å². The van der Waals surface area contributed by atoms with Crippen LogP contribution in [0.15, 0.2) is 65.7 Å². The van der Waals surface area contributed by atoms with Crippen LogP contribution in [0.4, 0.5) is 24.7 Å². The minimum Gasteiger partial charge on any atom is -0.506 e. The van der Waals surface area contributed by atoms with E-state index in [0.29, 0.717) is 13.1 Å². The lowest BCUT2D eigenvalue weighted by atomic mass is 10.1. The summed E-state index contributed by atoms with van der Waals surface area (Å²) in [6.45, 7) is 0.843. The van der Waals surface area contributed by atoms with E-state index in [1.807, 2.05) is 24.3 Å². The number of hydrogen-bond donors (Lipinski definition) is 3. The Bertz CT molecular complexity index is 1530. The number of rotatable bonds is 5. The fourth-order valence-corrected chi connectivity index (χ4v) is 4.25. The zero-order valence-electron chi connectivity index (χ0n) is 18.4. The van der Waals surface area contributed by atoms with Gasteiger partial charge in [-0.05, 0) is 29.3 Å². The predicted octanol–water partition coefficient (Wildman–Crippen LogP) is 3.73. The van der Waals surface area contributed by atoms with Crippen molar-refractivity contribution in [1.29, 1.82) is 0 Å². The van der Waals surface area contributed by atoms with Gasteiger partial charge in [0, 0.05) is 30.9 Å². The molecule has 9 nitrogen and oxygen atoms in total. The summed E-state index contributed by atoms with van der Waals surface area (Å²) in [5, 5.41) is 21.7. The molecule has 1 aliphatic rings. The van der Waals surface area contributed by atoms with E-state index in [2.05, 4.69) is 15.3 Å². The standard InChI is InChI=1S/C24H18F3N5O4/c25-24(26,27)21(29-17-6-3-7-28-20(17)23(35)36)16-8-15(33)12-32-19(34)9-18(30-22(16)32)31-10-13-4-1-2-5-14(13)11-31/h1-9,12,21,29,33H,10-11H2,(H,35,36)/t21-/m0/s1. The number of aromatic nitrogens is 3. The summed E-state index contributed by atoms with van der Waals surface area (Å²) in [5.74, 6) is -1.94. The number of nitrogens with zero attached hydrogens (tertiary/aromatic N) is 4. The number of pyridine rings is 2. The van der Waals surface area contributed by atoms with Crippen LogP contribution in [0.5, 0.6) is 5.75 Å². The molecule has 36 heavy (non-hydrogen) atoms. The Morgan fingerprint density at radius 1 is 1.08 bits per heavy atom. The minimum absolute atomic E-state index is 0.177. The Labute approximate surface area is 201 Å². The molecule has 12 heteroatoms. The highest BCUT2D eigenvalue weighted by Gasteiger charge is 2.43. The van der Waals surface area contributed by atoms with Crippen molar-refractivity contribution in [2.45, 2.75) is 25.3 Å². The molecule has 4 aromatic rings. The van der Waals surface area contributed by atoms with Crippen molar-refractivity contribution < 1.29 is 28.2 Å². The van der Waals surface area contributed by atoms with Crippen LogP contribution < -0.4 is 15.8 Å². The molecule has 3 N–H and O–H groups in total. The molecule has 0 radical (unpaired) electrons. The second-order valence-corrected chi connectivity index (χ2v) is 8.25. The molecular weight excluding hydrogens is 479 g/mol. The third-order valence-electron chi connectivity index (χ3n) is 5.87. The van der Waals surface area contributed by atoms with E-state index in [1.165, 1.54) is 12.1 Å². The smallest absolute Gasteiger partial charge is 0.412 e. The SMILES string of the molecule is O=C(O)c1ncccc1N[C@@H](c1cc(O)cn2c(=O)cc(N3Cc4ccccc4C3)nc12)C(F)(F)F. The zero-order valence-corrected chi connectivity index (χ0v) is 18.4. The maximum atomic E-state index is 14.3. The van der Waals surface area contributed by atoms with E-state index >= 15 is 0 Å². The zero-order chi connectivity index (χ0) is 25.6. The molecule has 0 bridgehead atoms. The molecule has 1 aromatic carbocycles. The Morgan fingerprint density at radius 3 is 2.42 bits per heavy atom. The van der Waals surface area contributed by atoms with Crippen molar-refractivity contribution in [2.75, 3.05) is 10.2 Å². The summed E-state index contributed by atoms with van der Waals surface area (Å²) in [4.78, 5) is 34.2. The Kier molecular flexibility index (Phi) is 5.50. The number of halogens is 3. The van der Waals surface area contributed by atoms with Crippen molar-refractivity contribution >= 4 is 23.1 Å². The first kappa shape index (κ1) is 23.1. The van der Waals surface area contributed by atoms with Gasteiger partial charge in [0.15, 0.2) is 11.7 Å². The second kappa shape index (κ2) is 8.56. The number of carbonyl (C=O) groups is 1. The highest BCUT2D eigenvalue weighted by atomic mass is 19.4. The molecular formula is C24H18F3N5O4. The largest absolute Gasteiger partial charge is 0.506 e. The Morgan fingerprint density at radius 2 is 1.78 bits per heavy atom. The first-order chi connectivity index (χ1) is 17.1. The lowest BCUT2D eigenvalue weighted by Gasteiger charge is -2.25. The highest BCUT2D eigenvalue weighted by molar-refractivity contribution is 5.92. The number of alkyl halides is 3. The number of carboxylic acids is 1.